The molecule has 5 heteroatoms. The summed E-state index contributed by atoms with van der Waals surface area (Å²) in [5.41, 5.74) is 9.65. The van der Waals surface area contributed by atoms with Gasteiger partial charge in [0.2, 0.25) is 0 Å². The van der Waals surface area contributed by atoms with E-state index in [-0.39, 0.29) is 6.61 Å². The highest BCUT2D eigenvalue weighted by molar-refractivity contribution is 5.76. The molecule has 0 saturated carbocycles. The predicted molar refractivity (Wildman–Crippen MR) is 102 cm³/mol. The Morgan fingerprint density at radius 1 is 1.19 bits per heavy atom. The van der Waals surface area contributed by atoms with Gasteiger partial charge in [0, 0.05) is 24.7 Å². The highest BCUT2D eigenvalue weighted by Gasteiger charge is 2.18. The summed E-state index contributed by atoms with van der Waals surface area (Å²) in [7, 11) is 0. The lowest BCUT2D eigenvalue weighted by atomic mass is 9.98. The molecule has 0 spiro atoms. The molecule has 2 N–H and O–H groups in total. The van der Waals surface area contributed by atoms with Crippen LogP contribution in [0, 0.1) is 6.92 Å². The van der Waals surface area contributed by atoms with Crippen molar-refractivity contribution in [2.75, 3.05) is 32.9 Å². The molecule has 1 atom stereocenters. The molecular weight excluding hydrogens is 328 g/mol. The first kappa shape index (κ1) is 18.4. The van der Waals surface area contributed by atoms with Crippen molar-refractivity contribution in [2.45, 2.75) is 19.9 Å². The van der Waals surface area contributed by atoms with Gasteiger partial charge in [0.1, 0.15) is 5.75 Å². The third-order valence-corrected chi connectivity index (χ3v) is 4.80. The molecule has 0 radical (unpaired) electrons. The zero-order chi connectivity index (χ0) is 18.5. The summed E-state index contributed by atoms with van der Waals surface area (Å²) in [6, 6.07) is 14.8. The molecule has 2 aromatic carbocycles. The number of amides is 1. The van der Waals surface area contributed by atoms with Crippen LogP contribution in [0.15, 0.2) is 42.5 Å². The summed E-state index contributed by atoms with van der Waals surface area (Å²) in [5, 5.41) is 0. The Morgan fingerprint density at radius 2 is 1.88 bits per heavy atom. The van der Waals surface area contributed by atoms with Crippen molar-refractivity contribution in [3.8, 4) is 16.9 Å². The van der Waals surface area contributed by atoms with Gasteiger partial charge in [0.05, 0.1) is 13.2 Å². The van der Waals surface area contributed by atoms with Gasteiger partial charge in [0.15, 0.2) is 6.61 Å². The summed E-state index contributed by atoms with van der Waals surface area (Å²) < 4.78 is 11.0. The number of benzene rings is 2. The van der Waals surface area contributed by atoms with Crippen molar-refractivity contribution in [3.63, 3.8) is 0 Å². The smallest absolute Gasteiger partial charge is 0.255 e. The Morgan fingerprint density at radius 3 is 2.54 bits per heavy atom. The van der Waals surface area contributed by atoms with E-state index in [2.05, 4.69) is 42.2 Å². The van der Waals surface area contributed by atoms with E-state index < -0.39 is 5.91 Å². The van der Waals surface area contributed by atoms with Crippen molar-refractivity contribution in [1.29, 1.82) is 0 Å². The average Bonchev–Trinajstić information content (AvgIpc) is 2.67. The van der Waals surface area contributed by atoms with Crippen LogP contribution >= 0.6 is 0 Å². The number of aryl methyl sites for hydroxylation is 1. The zero-order valence-electron chi connectivity index (χ0n) is 15.4. The monoisotopic (exact) mass is 354 g/mol. The number of hydrogen-bond acceptors (Lipinski definition) is 4. The highest BCUT2D eigenvalue weighted by atomic mass is 16.5. The number of carbonyl (C=O) groups is 1. The highest BCUT2D eigenvalue weighted by Crippen LogP contribution is 2.32. The van der Waals surface area contributed by atoms with E-state index in [9.17, 15) is 4.79 Å². The largest absolute Gasteiger partial charge is 0.483 e. The van der Waals surface area contributed by atoms with Gasteiger partial charge in [-0.1, -0.05) is 35.9 Å². The molecule has 3 rings (SSSR count). The van der Waals surface area contributed by atoms with Gasteiger partial charge in [0.25, 0.3) is 5.91 Å². The molecule has 0 aliphatic carbocycles. The number of nitrogens with two attached hydrogens (primary N) is 1. The average molecular weight is 354 g/mol. The molecule has 1 aliphatic rings. The number of morpholine rings is 1. The molecule has 1 fully saturated rings. The van der Waals surface area contributed by atoms with Crippen LogP contribution in [0.5, 0.6) is 5.75 Å². The van der Waals surface area contributed by atoms with Gasteiger partial charge in [-0.2, -0.15) is 0 Å². The Labute approximate surface area is 154 Å². The number of rotatable bonds is 6. The van der Waals surface area contributed by atoms with E-state index in [0.29, 0.717) is 11.8 Å². The lowest BCUT2D eigenvalue weighted by Crippen LogP contribution is -2.37. The summed E-state index contributed by atoms with van der Waals surface area (Å²) in [6.45, 7) is 7.67. The van der Waals surface area contributed by atoms with Gasteiger partial charge in [-0.15, -0.1) is 0 Å². The Hall–Kier alpha value is -2.37. The Bertz CT molecular complexity index is 752. The molecule has 138 valence electrons. The number of hydrogen-bond donors (Lipinski definition) is 1. The van der Waals surface area contributed by atoms with Gasteiger partial charge in [-0.05, 0) is 37.1 Å². The summed E-state index contributed by atoms with van der Waals surface area (Å²) in [6.07, 6.45) is 0. The topological polar surface area (TPSA) is 64.8 Å². The molecule has 26 heavy (non-hydrogen) atoms. The van der Waals surface area contributed by atoms with Crippen LogP contribution in [0.25, 0.3) is 11.1 Å². The van der Waals surface area contributed by atoms with Crippen molar-refractivity contribution in [1.82, 2.24) is 4.90 Å². The first-order valence-corrected chi connectivity index (χ1v) is 8.98. The molecular formula is C21H26N2O3. The second-order valence-electron chi connectivity index (χ2n) is 6.70. The standard InChI is InChI=1S/C21H26N2O3/c1-15-3-8-20(26-14-21(22)24)19(13-15)18-6-4-17(5-7-18)16(2)23-9-11-25-12-10-23/h3-8,13,16H,9-12,14H2,1-2H3,(H2,22,24). The quantitative estimate of drug-likeness (QED) is 0.866. The van der Waals surface area contributed by atoms with Crippen LogP contribution in [0.4, 0.5) is 0 Å². The van der Waals surface area contributed by atoms with Crippen molar-refractivity contribution >= 4 is 5.91 Å². The third kappa shape index (κ3) is 4.42. The minimum absolute atomic E-state index is 0.123. The lowest BCUT2D eigenvalue weighted by molar-refractivity contribution is -0.119. The maximum Gasteiger partial charge on any atom is 0.255 e. The predicted octanol–water partition coefficient (Wildman–Crippen LogP) is 2.92. The van der Waals surface area contributed by atoms with Gasteiger partial charge < -0.3 is 15.2 Å². The molecule has 1 heterocycles. The van der Waals surface area contributed by atoms with E-state index >= 15 is 0 Å². The maximum atomic E-state index is 11.0. The molecule has 1 unspecified atom stereocenters. The van der Waals surface area contributed by atoms with Crippen LogP contribution in [-0.2, 0) is 9.53 Å². The fourth-order valence-electron chi connectivity index (χ4n) is 3.26. The summed E-state index contributed by atoms with van der Waals surface area (Å²) >= 11 is 0. The van der Waals surface area contributed by atoms with Crippen LogP contribution in [-0.4, -0.2) is 43.7 Å². The van der Waals surface area contributed by atoms with E-state index in [1.54, 1.807) is 0 Å². The van der Waals surface area contributed by atoms with E-state index in [0.717, 1.165) is 43.0 Å². The van der Waals surface area contributed by atoms with Gasteiger partial charge >= 0.3 is 0 Å². The minimum atomic E-state index is -0.480. The molecule has 2 aromatic rings. The second kappa shape index (κ2) is 8.34. The second-order valence-corrected chi connectivity index (χ2v) is 6.70. The van der Waals surface area contributed by atoms with Crippen LogP contribution < -0.4 is 10.5 Å². The minimum Gasteiger partial charge on any atom is -0.483 e. The van der Waals surface area contributed by atoms with E-state index in [1.807, 2.05) is 19.1 Å². The molecule has 0 bridgehead atoms. The normalized spacial score (nSPS) is 16.2. The number of primary amides is 1. The Balaban J connectivity index is 1.81. The molecule has 5 nitrogen and oxygen atoms in total. The number of ether oxygens (including phenoxy) is 2. The van der Waals surface area contributed by atoms with Crippen molar-refractivity contribution in [3.05, 3.63) is 53.6 Å². The van der Waals surface area contributed by atoms with Crippen LogP contribution in [0.3, 0.4) is 0 Å². The lowest BCUT2D eigenvalue weighted by Gasteiger charge is -2.32. The summed E-state index contributed by atoms with van der Waals surface area (Å²) in [4.78, 5) is 13.5. The molecule has 1 amide bonds. The molecule has 0 aromatic heterocycles. The van der Waals surface area contributed by atoms with Crippen molar-refractivity contribution in [2.24, 2.45) is 5.73 Å². The van der Waals surface area contributed by atoms with Gasteiger partial charge in [-0.3, -0.25) is 9.69 Å². The number of carbonyl (C=O) groups excluding carboxylic acids is 1. The zero-order valence-corrected chi connectivity index (χ0v) is 15.4. The fraction of sp³-hybridized carbons (Fsp3) is 0.381. The summed E-state index contributed by atoms with van der Waals surface area (Å²) in [5.74, 6) is 0.189. The third-order valence-electron chi connectivity index (χ3n) is 4.80. The first-order chi connectivity index (χ1) is 12.5. The molecule has 1 saturated heterocycles. The van der Waals surface area contributed by atoms with Crippen LogP contribution in [0.1, 0.15) is 24.1 Å². The van der Waals surface area contributed by atoms with Gasteiger partial charge in [-0.25, -0.2) is 0 Å². The fourth-order valence-corrected chi connectivity index (χ4v) is 3.26. The number of nitrogens with zero attached hydrogens (tertiary/aromatic N) is 1. The maximum absolute atomic E-state index is 11.0. The first-order valence-electron chi connectivity index (χ1n) is 8.98. The van der Waals surface area contributed by atoms with Crippen LogP contribution in [0.2, 0.25) is 0 Å². The molecule has 1 aliphatic heterocycles. The van der Waals surface area contributed by atoms with Crippen molar-refractivity contribution < 1.29 is 14.3 Å². The van der Waals surface area contributed by atoms with E-state index in [1.165, 1.54) is 5.56 Å². The SMILES string of the molecule is Cc1ccc(OCC(N)=O)c(-c2ccc(C(C)N3CCOCC3)cc2)c1. The van der Waals surface area contributed by atoms with E-state index in [4.69, 9.17) is 15.2 Å². The Kier molecular flexibility index (Phi) is 5.91.